The van der Waals surface area contributed by atoms with E-state index in [1.807, 2.05) is 18.2 Å². The number of rotatable bonds is 0. The SMILES string of the molecule is C.O=c1[nH]ncc2c1-c1ccccc1CC2.[B]. The molecular weight excluding hydrogens is 211 g/mol. The van der Waals surface area contributed by atoms with Gasteiger partial charge >= 0.3 is 0 Å². The van der Waals surface area contributed by atoms with Gasteiger partial charge in [0, 0.05) is 8.41 Å². The molecule has 1 aliphatic rings. The van der Waals surface area contributed by atoms with Gasteiger partial charge in [0.15, 0.2) is 0 Å². The molecule has 1 aromatic heterocycles. The first-order valence-electron chi connectivity index (χ1n) is 5.01. The smallest absolute Gasteiger partial charge is 0.267 e. The van der Waals surface area contributed by atoms with Crippen molar-refractivity contribution < 1.29 is 0 Å². The number of aryl methyl sites for hydroxylation is 2. The first kappa shape index (κ1) is 13.2. The zero-order chi connectivity index (χ0) is 10.3. The summed E-state index contributed by atoms with van der Waals surface area (Å²) in [5.74, 6) is 0. The van der Waals surface area contributed by atoms with Crippen LogP contribution in [0.25, 0.3) is 11.1 Å². The lowest BCUT2D eigenvalue weighted by Gasteiger charge is -2.17. The van der Waals surface area contributed by atoms with Crippen molar-refractivity contribution in [1.29, 1.82) is 0 Å². The molecule has 0 amide bonds. The number of benzene rings is 1. The summed E-state index contributed by atoms with van der Waals surface area (Å²) in [7, 11) is 0. The van der Waals surface area contributed by atoms with E-state index >= 15 is 0 Å². The Morgan fingerprint density at radius 2 is 1.82 bits per heavy atom. The summed E-state index contributed by atoms with van der Waals surface area (Å²) >= 11 is 0. The van der Waals surface area contributed by atoms with Crippen molar-refractivity contribution in [2.45, 2.75) is 20.3 Å². The molecule has 0 bridgehead atoms. The summed E-state index contributed by atoms with van der Waals surface area (Å²) in [5, 5.41) is 6.33. The van der Waals surface area contributed by atoms with Crippen LogP contribution in [0.2, 0.25) is 0 Å². The Morgan fingerprint density at radius 1 is 1.12 bits per heavy atom. The van der Waals surface area contributed by atoms with Crippen molar-refractivity contribution in [3.05, 3.63) is 51.9 Å². The van der Waals surface area contributed by atoms with Crippen LogP contribution in [0.15, 0.2) is 35.3 Å². The van der Waals surface area contributed by atoms with Crippen LogP contribution in [0.5, 0.6) is 0 Å². The van der Waals surface area contributed by atoms with Gasteiger partial charge in [-0.05, 0) is 29.5 Å². The molecule has 0 fully saturated rings. The molecule has 17 heavy (non-hydrogen) atoms. The van der Waals surface area contributed by atoms with Crippen LogP contribution in [-0.4, -0.2) is 18.6 Å². The summed E-state index contributed by atoms with van der Waals surface area (Å²) < 4.78 is 0. The fourth-order valence-electron chi connectivity index (χ4n) is 2.17. The highest BCUT2D eigenvalue weighted by molar-refractivity contribution is 5.75. The van der Waals surface area contributed by atoms with E-state index in [1.165, 1.54) is 5.56 Å². The first-order valence-corrected chi connectivity index (χ1v) is 5.01. The Morgan fingerprint density at radius 3 is 2.65 bits per heavy atom. The maximum absolute atomic E-state index is 11.7. The van der Waals surface area contributed by atoms with Gasteiger partial charge in [-0.1, -0.05) is 31.7 Å². The number of hydrogen-bond donors (Lipinski definition) is 1. The molecule has 3 rings (SSSR count). The molecule has 0 spiro atoms. The number of fused-ring (bicyclic) bond motifs is 3. The van der Waals surface area contributed by atoms with Crippen LogP contribution in [0, 0.1) is 0 Å². The second-order valence-corrected chi connectivity index (χ2v) is 3.76. The highest BCUT2D eigenvalue weighted by Gasteiger charge is 2.18. The van der Waals surface area contributed by atoms with E-state index in [2.05, 4.69) is 16.3 Å². The summed E-state index contributed by atoms with van der Waals surface area (Å²) in [6.45, 7) is 0. The highest BCUT2D eigenvalue weighted by atomic mass is 16.1. The van der Waals surface area contributed by atoms with Crippen molar-refractivity contribution in [2.24, 2.45) is 0 Å². The van der Waals surface area contributed by atoms with E-state index in [-0.39, 0.29) is 21.4 Å². The maximum atomic E-state index is 11.7. The van der Waals surface area contributed by atoms with E-state index in [0.717, 1.165) is 29.5 Å². The lowest BCUT2D eigenvalue weighted by Crippen LogP contribution is -2.17. The van der Waals surface area contributed by atoms with E-state index in [9.17, 15) is 4.79 Å². The first-order chi connectivity index (χ1) is 7.36. The van der Waals surface area contributed by atoms with Gasteiger partial charge in [0.25, 0.3) is 5.56 Å². The number of hydrogen-bond acceptors (Lipinski definition) is 2. The summed E-state index contributed by atoms with van der Waals surface area (Å²) in [4.78, 5) is 11.7. The van der Waals surface area contributed by atoms with Crippen LogP contribution in [0.3, 0.4) is 0 Å². The molecule has 1 N–H and O–H groups in total. The molecule has 0 aliphatic heterocycles. The molecule has 0 unspecified atom stereocenters. The molecule has 0 saturated carbocycles. The Balaban J connectivity index is 0.000000722. The largest absolute Gasteiger partial charge is 0.272 e. The molecule has 4 heteroatoms. The van der Waals surface area contributed by atoms with Gasteiger partial charge in [0.2, 0.25) is 0 Å². The molecule has 2 aromatic rings. The second-order valence-electron chi connectivity index (χ2n) is 3.76. The molecule has 3 radical (unpaired) electrons. The van der Waals surface area contributed by atoms with Crippen molar-refractivity contribution in [2.75, 3.05) is 0 Å². The highest BCUT2D eigenvalue weighted by Crippen LogP contribution is 2.29. The minimum atomic E-state index is -0.0837. The number of nitrogens with zero attached hydrogens (tertiary/aromatic N) is 1. The minimum absolute atomic E-state index is 0. The summed E-state index contributed by atoms with van der Waals surface area (Å²) in [5.41, 5.74) is 4.08. The number of aromatic nitrogens is 2. The maximum Gasteiger partial charge on any atom is 0.272 e. The van der Waals surface area contributed by atoms with Crippen LogP contribution in [-0.2, 0) is 12.8 Å². The van der Waals surface area contributed by atoms with Gasteiger partial charge < -0.3 is 0 Å². The van der Waals surface area contributed by atoms with Gasteiger partial charge in [-0.15, -0.1) is 0 Å². The molecule has 1 aliphatic carbocycles. The van der Waals surface area contributed by atoms with Crippen LogP contribution in [0.4, 0.5) is 0 Å². The predicted octanol–water partition coefficient (Wildman–Crippen LogP) is 1.79. The molecule has 85 valence electrons. The zero-order valence-corrected chi connectivity index (χ0v) is 8.73. The Kier molecular flexibility index (Phi) is 3.89. The third kappa shape index (κ3) is 2.03. The van der Waals surface area contributed by atoms with E-state index in [0.29, 0.717) is 0 Å². The number of H-pyrrole nitrogens is 1. The Bertz CT molecular complexity index is 578. The lowest BCUT2D eigenvalue weighted by molar-refractivity contribution is 0.885. The third-order valence-electron chi connectivity index (χ3n) is 2.89. The van der Waals surface area contributed by atoms with Crippen molar-refractivity contribution in [1.82, 2.24) is 10.2 Å². The molecular formula is C13H14BN2O. The molecule has 3 nitrogen and oxygen atoms in total. The second kappa shape index (κ2) is 5.00. The fourth-order valence-corrected chi connectivity index (χ4v) is 2.17. The van der Waals surface area contributed by atoms with Crippen molar-refractivity contribution >= 4 is 8.41 Å². The average molecular weight is 225 g/mol. The van der Waals surface area contributed by atoms with E-state index in [4.69, 9.17) is 0 Å². The summed E-state index contributed by atoms with van der Waals surface area (Å²) in [6, 6.07) is 8.06. The molecule has 0 saturated heterocycles. The number of nitrogens with one attached hydrogen (secondary N) is 1. The standard InChI is InChI=1S/C12H10N2O.CH4.B/c15-12-11-9(7-13-14-12)6-5-8-3-1-2-4-10(8)11;;/h1-4,7H,5-6H2,(H,14,15);1H4;. The normalized spacial score (nSPS) is 11.5. The lowest BCUT2D eigenvalue weighted by atomic mass is 9.87. The Labute approximate surface area is 102 Å². The minimum Gasteiger partial charge on any atom is -0.267 e. The molecule has 0 atom stereocenters. The van der Waals surface area contributed by atoms with Gasteiger partial charge in [-0.2, -0.15) is 5.10 Å². The Hall–Kier alpha value is -1.84. The van der Waals surface area contributed by atoms with Gasteiger partial charge in [-0.25, -0.2) is 5.10 Å². The van der Waals surface area contributed by atoms with Crippen LogP contribution < -0.4 is 5.56 Å². The van der Waals surface area contributed by atoms with Crippen LogP contribution in [0.1, 0.15) is 18.6 Å². The monoisotopic (exact) mass is 225 g/mol. The molecule has 1 aromatic carbocycles. The van der Waals surface area contributed by atoms with E-state index < -0.39 is 0 Å². The van der Waals surface area contributed by atoms with Gasteiger partial charge in [0.1, 0.15) is 0 Å². The predicted molar refractivity (Wildman–Crippen MR) is 70.2 cm³/mol. The quantitative estimate of drug-likeness (QED) is 0.694. The third-order valence-corrected chi connectivity index (χ3v) is 2.89. The van der Waals surface area contributed by atoms with Crippen LogP contribution >= 0.6 is 0 Å². The zero-order valence-electron chi connectivity index (χ0n) is 8.73. The fraction of sp³-hybridized carbons (Fsp3) is 0.231. The van der Waals surface area contributed by atoms with Crippen molar-refractivity contribution in [3.63, 3.8) is 0 Å². The van der Waals surface area contributed by atoms with E-state index in [1.54, 1.807) is 6.20 Å². The topological polar surface area (TPSA) is 45.8 Å². The summed E-state index contributed by atoms with van der Waals surface area (Å²) in [6.07, 6.45) is 3.66. The van der Waals surface area contributed by atoms with Gasteiger partial charge in [-0.3, -0.25) is 4.79 Å². The van der Waals surface area contributed by atoms with Gasteiger partial charge in [0.05, 0.1) is 11.8 Å². The molecule has 1 heterocycles. The number of aromatic amines is 1. The average Bonchev–Trinajstić information content (AvgIpc) is 2.29. The van der Waals surface area contributed by atoms with Crippen molar-refractivity contribution in [3.8, 4) is 11.1 Å².